The second-order valence-corrected chi connectivity index (χ2v) is 6.97. The Hall–Kier alpha value is -2.10. The lowest BCUT2D eigenvalue weighted by Gasteiger charge is -2.09. The molecule has 0 spiro atoms. The van der Waals surface area contributed by atoms with Gasteiger partial charge in [-0.15, -0.1) is 11.6 Å². The van der Waals surface area contributed by atoms with Crippen LogP contribution in [0.5, 0.6) is 0 Å². The lowest BCUT2D eigenvalue weighted by Crippen LogP contribution is -2.24. The zero-order valence-corrected chi connectivity index (χ0v) is 16.7. The van der Waals surface area contributed by atoms with Crippen molar-refractivity contribution < 1.29 is 9.63 Å². The number of hydroxylamine groups is 1. The van der Waals surface area contributed by atoms with Gasteiger partial charge in [-0.2, -0.15) is 0 Å². The highest BCUT2D eigenvalue weighted by atomic mass is 35.5. The summed E-state index contributed by atoms with van der Waals surface area (Å²) >= 11 is 5.69. The van der Waals surface area contributed by atoms with Crippen LogP contribution in [0, 0.1) is 0 Å². The van der Waals surface area contributed by atoms with Crippen LogP contribution in [0.25, 0.3) is 16.8 Å². The highest BCUT2D eigenvalue weighted by molar-refractivity contribution is 6.19. The Bertz CT molecular complexity index is 798. The van der Waals surface area contributed by atoms with Crippen molar-refractivity contribution in [1.82, 2.24) is 5.48 Å². The third kappa shape index (κ3) is 7.20. The fourth-order valence-electron chi connectivity index (χ4n) is 2.83. The summed E-state index contributed by atoms with van der Waals surface area (Å²) in [5.41, 5.74) is 5.13. The largest absolute Gasteiger partial charge is 0.274 e. The standard InChI is InChI=1S/C23H28ClNO2/c1-3-4-5-6-8-18(2)17-27-25-23(26)21-13-12-20-11-10-19(9-7-14-24)15-22(20)16-21/h7,9-13,15-16H,2-6,8,14,17H2,1H3,(H,25,26)/b9-7+. The Morgan fingerprint density at radius 2 is 1.96 bits per heavy atom. The second-order valence-electron chi connectivity index (χ2n) is 6.66. The highest BCUT2D eigenvalue weighted by Gasteiger charge is 2.07. The maximum absolute atomic E-state index is 12.3. The van der Waals surface area contributed by atoms with E-state index in [4.69, 9.17) is 16.4 Å². The SMILES string of the molecule is C=C(CCCCCC)CONC(=O)c1ccc2ccc(/C=C/CCl)cc2c1. The van der Waals surface area contributed by atoms with Crippen LogP contribution in [0.4, 0.5) is 0 Å². The number of carbonyl (C=O) groups excluding carboxylic acids is 1. The molecule has 0 atom stereocenters. The van der Waals surface area contributed by atoms with E-state index < -0.39 is 0 Å². The number of nitrogens with one attached hydrogen (secondary N) is 1. The molecule has 0 aromatic heterocycles. The maximum Gasteiger partial charge on any atom is 0.274 e. The number of fused-ring (bicyclic) bond motifs is 1. The minimum atomic E-state index is -0.252. The van der Waals surface area contributed by atoms with Crippen LogP contribution in [-0.4, -0.2) is 18.4 Å². The zero-order chi connectivity index (χ0) is 19.5. The average Bonchev–Trinajstić information content (AvgIpc) is 2.69. The molecule has 1 amide bonds. The van der Waals surface area contributed by atoms with Gasteiger partial charge in [-0.3, -0.25) is 9.63 Å². The number of amides is 1. The number of benzene rings is 2. The van der Waals surface area contributed by atoms with E-state index in [1.807, 2.05) is 42.5 Å². The summed E-state index contributed by atoms with van der Waals surface area (Å²) in [5, 5.41) is 2.08. The molecule has 0 fully saturated rings. The first-order valence-corrected chi connectivity index (χ1v) is 10.0. The number of halogens is 1. The zero-order valence-electron chi connectivity index (χ0n) is 16.0. The second kappa shape index (κ2) is 11.6. The number of unbranched alkanes of at least 4 members (excludes halogenated alkanes) is 3. The number of alkyl halides is 1. The Morgan fingerprint density at radius 3 is 2.74 bits per heavy atom. The van der Waals surface area contributed by atoms with Gasteiger partial charge in [0.1, 0.15) is 0 Å². The number of rotatable bonds is 11. The third-order valence-corrected chi connectivity index (χ3v) is 4.53. The summed E-state index contributed by atoms with van der Waals surface area (Å²) in [6, 6.07) is 11.7. The lowest BCUT2D eigenvalue weighted by molar-refractivity contribution is 0.0394. The first-order chi connectivity index (χ1) is 13.1. The number of hydrogen-bond acceptors (Lipinski definition) is 2. The minimum Gasteiger partial charge on any atom is -0.269 e. The van der Waals surface area contributed by atoms with E-state index in [1.54, 1.807) is 6.07 Å². The molecule has 1 N–H and O–H groups in total. The van der Waals surface area contributed by atoms with Crippen LogP contribution < -0.4 is 5.48 Å². The molecule has 4 heteroatoms. The van der Waals surface area contributed by atoms with E-state index in [1.165, 1.54) is 19.3 Å². The number of carbonyl (C=O) groups is 1. The maximum atomic E-state index is 12.3. The summed E-state index contributed by atoms with van der Waals surface area (Å²) in [7, 11) is 0. The van der Waals surface area contributed by atoms with Gasteiger partial charge >= 0.3 is 0 Å². The smallest absolute Gasteiger partial charge is 0.269 e. The topological polar surface area (TPSA) is 38.3 Å². The van der Waals surface area contributed by atoms with E-state index >= 15 is 0 Å². The Labute approximate surface area is 167 Å². The first-order valence-electron chi connectivity index (χ1n) is 9.49. The van der Waals surface area contributed by atoms with E-state index in [0.717, 1.165) is 34.8 Å². The molecule has 27 heavy (non-hydrogen) atoms. The van der Waals surface area contributed by atoms with Crippen molar-refractivity contribution in [3.05, 3.63) is 65.8 Å². The van der Waals surface area contributed by atoms with Crippen molar-refractivity contribution in [2.75, 3.05) is 12.5 Å². The fraction of sp³-hybridized carbons (Fsp3) is 0.348. The molecule has 2 aromatic carbocycles. The first kappa shape index (κ1) is 21.2. The Kier molecular flexibility index (Phi) is 9.09. The van der Waals surface area contributed by atoms with E-state index in [-0.39, 0.29) is 5.91 Å². The molecule has 0 aliphatic heterocycles. The van der Waals surface area contributed by atoms with Crippen LogP contribution in [0.2, 0.25) is 0 Å². The fourth-order valence-corrected chi connectivity index (χ4v) is 2.92. The number of allylic oxidation sites excluding steroid dienone is 1. The van der Waals surface area contributed by atoms with Crippen LogP contribution in [-0.2, 0) is 4.84 Å². The Morgan fingerprint density at radius 1 is 1.15 bits per heavy atom. The van der Waals surface area contributed by atoms with Crippen molar-refractivity contribution in [2.24, 2.45) is 0 Å². The van der Waals surface area contributed by atoms with Gasteiger partial charge in [0.05, 0.1) is 6.61 Å². The minimum absolute atomic E-state index is 0.252. The van der Waals surface area contributed by atoms with Crippen molar-refractivity contribution in [1.29, 1.82) is 0 Å². The molecule has 2 rings (SSSR count). The molecular weight excluding hydrogens is 358 g/mol. The molecule has 0 heterocycles. The molecule has 0 unspecified atom stereocenters. The molecule has 3 nitrogen and oxygen atoms in total. The van der Waals surface area contributed by atoms with Crippen LogP contribution in [0.1, 0.15) is 54.9 Å². The van der Waals surface area contributed by atoms with Gasteiger partial charge in [-0.1, -0.05) is 63.1 Å². The van der Waals surface area contributed by atoms with Crippen LogP contribution in [0.15, 0.2) is 54.6 Å². The normalized spacial score (nSPS) is 11.2. The molecule has 144 valence electrons. The number of hydrogen-bond donors (Lipinski definition) is 1. The highest BCUT2D eigenvalue weighted by Crippen LogP contribution is 2.19. The summed E-state index contributed by atoms with van der Waals surface area (Å²) in [5.74, 6) is 0.222. The van der Waals surface area contributed by atoms with Crippen LogP contribution in [0.3, 0.4) is 0 Å². The summed E-state index contributed by atoms with van der Waals surface area (Å²) in [4.78, 5) is 17.7. The molecule has 2 aromatic rings. The quantitative estimate of drug-likeness (QED) is 0.214. The summed E-state index contributed by atoms with van der Waals surface area (Å²) in [6.07, 6.45) is 9.59. The van der Waals surface area contributed by atoms with Crippen molar-refractivity contribution in [2.45, 2.75) is 39.0 Å². The summed E-state index contributed by atoms with van der Waals surface area (Å²) < 4.78 is 0. The van der Waals surface area contributed by atoms with Gasteiger partial charge in [0.2, 0.25) is 0 Å². The van der Waals surface area contributed by atoms with Crippen molar-refractivity contribution >= 4 is 34.4 Å². The van der Waals surface area contributed by atoms with Crippen LogP contribution >= 0.6 is 11.6 Å². The van der Waals surface area contributed by atoms with Gasteiger partial charge in [0.15, 0.2) is 0 Å². The monoisotopic (exact) mass is 385 g/mol. The van der Waals surface area contributed by atoms with E-state index in [2.05, 4.69) is 19.0 Å². The van der Waals surface area contributed by atoms with E-state index in [0.29, 0.717) is 18.1 Å². The molecule has 0 saturated carbocycles. The molecule has 0 aliphatic rings. The van der Waals surface area contributed by atoms with Gasteiger partial charge in [0.25, 0.3) is 5.91 Å². The summed E-state index contributed by atoms with van der Waals surface area (Å²) in [6.45, 7) is 6.54. The van der Waals surface area contributed by atoms with E-state index in [9.17, 15) is 4.79 Å². The third-order valence-electron chi connectivity index (χ3n) is 4.35. The molecular formula is C23H28ClNO2. The molecule has 0 saturated heterocycles. The van der Waals surface area contributed by atoms with Gasteiger partial charge in [-0.25, -0.2) is 5.48 Å². The Balaban J connectivity index is 1.89. The predicted octanol–water partition coefficient (Wildman–Crippen LogP) is 6.28. The lowest BCUT2D eigenvalue weighted by atomic mass is 10.0. The van der Waals surface area contributed by atoms with Gasteiger partial charge in [-0.05, 0) is 52.9 Å². The van der Waals surface area contributed by atoms with Crippen molar-refractivity contribution in [3.8, 4) is 0 Å². The average molecular weight is 386 g/mol. The predicted molar refractivity (Wildman–Crippen MR) is 115 cm³/mol. The van der Waals surface area contributed by atoms with Crippen molar-refractivity contribution in [3.63, 3.8) is 0 Å². The van der Waals surface area contributed by atoms with Gasteiger partial charge in [0, 0.05) is 11.4 Å². The molecule has 0 aliphatic carbocycles. The molecule has 0 bridgehead atoms. The molecule has 0 radical (unpaired) electrons. The van der Waals surface area contributed by atoms with Gasteiger partial charge < -0.3 is 0 Å².